The summed E-state index contributed by atoms with van der Waals surface area (Å²) in [5.41, 5.74) is 2.61. The van der Waals surface area contributed by atoms with Crippen LogP contribution in [0.15, 0.2) is 18.2 Å². The third-order valence-electron chi connectivity index (χ3n) is 2.78. The fraction of sp³-hybridized carbons (Fsp3) is 0.385. The predicted octanol–water partition coefficient (Wildman–Crippen LogP) is 1.90. The highest BCUT2D eigenvalue weighted by Crippen LogP contribution is 2.10. The van der Waals surface area contributed by atoms with Gasteiger partial charge in [0.1, 0.15) is 6.04 Å². The molecule has 0 bridgehead atoms. The van der Waals surface area contributed by atoms with Gasteiger partial charge in [-0.3, -0.25) is 4.79 Å². The predicted molar refractivity (Wildman–Crippen MR) is 65.1 cm³/mol. The molecule has 17 heavy (non-hydrogen) atoms. The van der Waals surface area contributed by atoms with Gasteiger partial charge < -0.3 is 10.4 Å². The molecule has 0 unspecified atom stereocenters. The molecule has 0 spiro atoms. The highest BCUT2D eigenvalue weighted by molar-refractivity contribution is 5.96. The summed E-state index contributed by atoms with van der Waals surface area (Å²) in [6.07, 6.45) is 0.367. The van der Waals surface area contributed by atoms with E-state index in [2.05, 4.69) is 5.32 Å². The van der Waals surface area contributed by atoms with Gasteiger partial charge in [0.25, 0.3) is 5.91 Å². The van der Waals surface area contributed by atoms with Crippen molar-refractivity contribution in [2.75, 3.05) is 0 Å². The lowest BCUT2D eigenvalue weighted by Crippen LogP contribution is -2.40. The molecule has 0 heterocycles. The van der Waals surface area contributed by atoms with Crippen molar-refractivity contribution >= 4 is 11.9 Å². The first-order chi connectivity index (χ1) is 7.95. The highest BCUT2D eigenvalue weighted by atomic mass is 16.4. The maximum absolute atomic E-state index is 11.8. The van der Waals surface area contributed by atoms with E-state index in [0.717, 1.165) is 11.1 Å². The van der Waals surface area contributed by atoms with Crippen LogP contribution in [0.1, 0.15) is 34.8 Å². The third kappa shape index (κ3) is 3.31. The standard InChI is InChI=1S/C13H17NO3/c1-4-11(13(16)17)14-12(15)10-6-5-8(2)9(3)7-10/h5-7,11H,4H2,1-3H3,(H,14,15)(H,16,17)/t11-/m0/s1. The summed E-state index contributed by atoms with van der Waals surface area (Å²) in [6, 6.07) is 4.49. The van der Waals surface area contributed by atoms with E-state index in [1.54, 1.807) is 19.1 Å². The second-order valence-corrected chi connectivity index (χ2v) is 4.07. The number of aliphatic carboxylic acids is 1. The van der Waals surface area contributed by atoms with Gasteiger partial charge in [-0.25, -0.2) is 4.79 Å². The van der Waals surface area contributed by atoms with Crippen LogP contribution in [0.4, 0.5) is 0 Å². The van der Waals surface area contributed by atoms with Crippen molar-refractivity contribution in [1.82, 2.24) is 5.32 Å². The van der Waals surface area contributed by atoms with Crippen LogP contribution >= 0.6 is 0 Å². The van der Waals surface area contributed by atoms with Gasteiger partial charge in [-0.1, -0.05) is 13.0 Å². The molecular formula is C13H17NO3. The number of hydrogen-bond donors (Lipinski definition) is 2. The van der Waals surface area contributed by atoms with Crippen molar-refractivity contribution in [3.05, 3.63) is 34.9 Å². The van der Waals surface area contributed by atoms with E-state index in [4.69, 9.17) is 5.11 Å². The molecule has 0 saturated carbocycles. The summed E-state index contributed by atoms with van der Waals surface area (Å²) in [6.45, 7) is 5.60. The summed E-state index contributed by atoms with van der Waals surface area (Å²) in [5.74, 6) is -1.35. The average Bonchev–Trinajstić information content (AvgIpc) is 2.28. The summed E-state index contributed by atoms with van der Waals surface area (Å²) < 4.78 is 0. The lowest BCUT2D eigenvalue weighted by Gasteiger charge is -2.12. The molecular weight excluding hydrogens is 218 g/mol. The van der Waals surface area contributed by atoms with Crippen LogP contribution in [0.5, 0.6) is 0 Å². The van der Waals surface area contributed by atoms with Gasteiger partial charge in [0.15, 0.2) is 0 Å². The zero-order chi connectivity index (χ0) is 13.0. The third-order valence-corrected chi connectivity index (χ3v) is 2.78. The molecule has 1 aromatic carbocycles. The van der Waals surface area contributed by atoms with Gasteiger partial charge in [0, 0.05) is 5.56 Å². The molecule has 0 fully saturated rings. The maximum atomic E-state index is 11.8. The largest absolute Gasteiger partial charge is 0.480 e. The van der Waals surface area contributed by atoms with Gasteiger partial charge >= 0.3 is 5.97 Å². The van der Waals surface area contributed by atoms with Crippen LogP contribution in [-0.4, -0.2) is 23.0 Å². The molecule has 1 atom stereocenters. The van der Waals surface area contributed by atoms with Crippen molar-refractivity contribution in [3.63, 3.8) is 0 Å². The number of benzene rings is 1. The van der Waals surface area contributed by atoms with Crippen molar-refractivity contribution in [1.29, 1.82) is 0 Å². The summed E-state index contributed by atoms with van der Waals surface area (Å²) in [7, 11) is 0. The van der Waals surface area contributed by atoms with Crippen LogP contribution in [-0.2, 0) is 4.79 Å². The van der Waals surface area contributed by atoms with Gasteiger partial charge in [-0.15, -0.1) is 0 Å². The van der Waals surface area contributed by atoms with Crippen LogP contribution in [0.25, 0.3) is 0 Å². The lowest BCUT2D eigenvalue weighted by molar-refractivity contribution is -0.139. The number of aryl methyl sites for hydroxylation is 2. The number of carbonyl (C=O) groups excluding carboxylic acids is 1. The first-order valence-electron chi connectivity index (χ1n) is 5.56. The van der Waals surface area contributed by atoms with E-state index in [1.165, 1.54) is 0 Å². The van der Waals surface area contributed by atoms with Crippen LogP contribution in [0.2, 0.25) is 0 Å². The quantitative estimate of drug-likeness (QED) is 0.837. The van der Waals surface area contributed by atoms with Crippen LogP contribution in [0.3, 0.4) is 0 Å². The normalized spacial score (nSPS) is 11.9. The lowest BCUT2D eigenvalue weighted by atomic mass is 10.1. The Morgan fingerprint density at radius 3 is 2.41 bits per heavy atom. The molecule has 0 aliphatic heterocycles. The monoisotopic (exact) mass is 235 g/mol. The molecule has 0 aliphatic rings. The Kier molecular flexibility index (Phi) is 4.26. The zero-order valence-electron chi connectivity index (χ0n) is 10.3. The molecule has 2 N–H and O–H groups in total. The first kappa shape index (κ1) is 13.2. The Bertz CT molecular complexity index is 440. The highest BCUT2D eigenvalue weighted by Gasteiger charge is 2.18. The Balaban J connectivity index is 2.82. The minimum absolute atomic E-state index is 0.345. The summed E-state index contributed by atoms with van der Waals surface area (Å²) in [4.78, 5) is 22.6. The molecule has 1 amide bonds. The zero-order valence-corrected chi connectivity index (χ0v) is 10.3. The van der Waals surface area contributed by atoms with E-state index in [0.29, 0.717) is 12.0 Å². The maximum Gasteiger partial charge on any atom is 0.326 e. The molecule has 1 rings (SSSR count). The molecule has 1 aromatic rings. The van der Waals surface area contributed by atoms with Gasteiger partial charge in [0.05, 0.1) is 0 Å². The Hall–Kier alpha value is -1.84. The topological polar surface area (TPSA) is 66.4 Å². The van der Waals surface area contributed by atoms with E-state index < -0.39 is 12.0 Å². The molecule has 0 saturated heterocycles. The SMILES string of the molecule is CC[C@H](NC(=O)c1ccc(C)c(C)c1)C(=O)O. The van der Waals surface area contributed by atoms with Crippen molar-refractivity contribution in [3.8, 4) is 0 Å². The fourth-order valence-electron chi connectivity index (χ4n) is 1.46. The Morgan fingerprint density at radius 1 is 1.29 bits per heavy atom. The fourth-order valence-corrected chi connectivity index (χ4v) is 1.46. The second-order valence-electron chi connectivity index (χ2n) is 4.07. The van der Waals surface area contributed by atoms with Gasteiger partial charge in [0.2, 0.25) is 0 Å². The molecule has 4 nitrogen and oxygen atoms in total. The number of carboxylic acid groups (broad SMARTS) is 1. The van der Waals surface area contributed by atoms with Crippen molar-refractivity contribution in [2.24, 2.45) is 0 Å². The van der Waals surface area contributed by atoms with E-state index in [-0.39, 0.29) is 5.91 Å². The molecule has 0 aliphatic carbocycles. The van der Waals surface area contributed by atoms with Gasteiger partial charge in [-0.05, 0) is 43.5 Å². The average molecular weight is 235 g/mol. The molecule has 0 radical (unpaired) electrons. The van der Waals surface area contributed by atoms with Crippen molar-refractivity contribution < 1.29 is 14.7 Å². The van der Waals surface area contributed by atoms with Crippen LogP contribution < -0.4 is 5.32 Å². The Morgan fingerprint density at radius 2 is 1.94 bits per heavy atom. The minimum atomic E-state index is -1.01. The second kappa shape index (κ2) is 5.48. The number of nitrogens with one attached hydrogen (secondary N) is 1. The van der Waals surface area contributed by atoms with Crippen LogP contribution in [0, 0.1) is 13.8 Å². The first-order valence-corrected chi connectivity index (χ1v) is 5.56. The van der Waals surface area contributed by atoms with Gasteiger partial charge in [-0.2, -0.15) is 0 Å². The summed E-state index contributed by atoms with van der Waals surface area (Å²) in [5, 5.41) is 11.3. The number of hydrogen-bond acceptors (Lipinski definition) is 2. The minimum Gasteiger partial charge on any atom is -0.480 e. The van der Waals surface area contributed by atoms with E-state index >= 15 is 0 Å². The summed E-state index contributed by atoms with van der Waals surface area (Å²) >= 11 is 0. The number of rotatable bonds is 4. The smallest absolute Gasteiger partial charge is 0.326 e. The van der Waals surface area contributed by atoms with Crippen molar-refractivity contribution in [2.45, 2.75) is 33.2 Å². The molecule has 92 valence electrons. The Labute approximate surface area is 101 Å². The number of carbonyl (C=O) groups is 2. The molecule has 0 aromatic heterocycles. The van der Waals surface area contributed by atoms with E-state index in [1.807, 2.05) is 19.9 Å². The number of amides is 1. The molecule has 4 heteroatoms. The number of carboxylic acids is 1. The van der Waals surface area contributed by atoms with E-state index in [9.17, 15) is 9.59 Å².